The van der Waals surface area contributed by atoms with Crippen molar-refractivity contribution in [3.05, 3.63) is 22.9 Å². The number of nitrogens with zero attached hydrogens (tertiary/aromatic N) is 2. The number of aromatic hydroxyl groups is 1. The molecular weight excluding hydrogens is 264 g/mol. The molecule has 1 aromatic rings. The average molecular weight is 275 g/mol. The number of aliphatic imine (C=N–C) groups is 1. The second-order valence-electron chi connectivity index (χ2n) is 2.22. The quantitative estimate of drug-likeness (QED) is 0.799. The van der Waals surface area contributed by atoms with Crippen LogP contribution < -0.4 is 0 Å². The zero-order valence-corrected chi connectivity index (χ0v) is 9.77. The molecule has 0 spiro atoms. The molecule has 0 saturated heterocycles. The third kappa shape index (κ3) is 7.63. The molecular formula is C9H11BrN2O3. The molecule has 15 heavy (non-hydrogen) atoms. The molecule has 1 heterocycles. The largest absolute Gasteiger partial charge is 0.506 e. The number of ether oxygens (including phenoxy) is 1. The van der Waals surface area contributed by atoms with Crippen molar-refractivity contribution in [2.75, 3.05) is 6.61 Å². The second kappa shape index (κ2) is 7.93. The van der Waals surface area contributed by atoms with Crippen LogP contribution in [0.2, 0.25) is 0 Å². The Labute approximate surface area is 95.9 Å². The Morgan fingerprint density at radius 2 is 2.40 bits per heavy atom. The minimum atomic E-state index is -0.609. The van der Waals surface area contributed by atoms with E-state index in [1.165, 1.54) is 6.20 Å². The monoisotopic (exact) mass is 274 g/mol. The highest BCUT2D eigenvalue weighted by atomic mass is 79.9. The van der Waals surface area contributed by atoms with E-state index >= 15 is 0 Å². The number of carbonyl (C=O) groups excluding carboxylic acids is 1. The van der Waals surface area contributed by atoms with Crippen molar-refractivity contribution in [1.29, 1.82) is 0 Å². The van der Waals surface area contributed by atoms with Crippen LogP contribution in [0.5, 0.6) is 5.75 Å². The van der Waals surface area contributed by atoms with E-state index in [0.29, 0.717) is 6.61 Å². The standard InChI is InChI=1S/C5H4BrNO.C4H7NO2/c6-4-1-5(8)3-7-2-4;1-3-7-4(6)5-2/h1-3,8H;2-3H2,1H3. The maximum Gasteiger partial charge on any atom is 0.432 e. The normalized spacial score (nSPS) is 8.40. The number of amides is 1. The highest BCUT2D eigenvalue weighted by molar-refractivity contribution is 9.10. The molecule has 1 rings (SSSR count). The highest BCUT2D eigenvalue weighted by Crippen LogP contribution is 2.12. The predicted molar refractivity (Wildman–Crippen MR) is 60.2 cm³/mol. The van der Waals surface area contributed by atoms with Crippen molar-refractivity contribution in [2.24, 2.45) is 4.99 Å². The summed E-state index contributed by atoms with van der Waals surface area (Å²) in [4.78, 5) is 16.6. The van der Waals surface area contributed by atoms with Crippen LogP contribution in [0.25, 0.3) is 0 Å². The number of carbonyl (C=O) groups is 1. The molecule has 0 atom stereocenters. The fourth-order valence-electron chi connectivity index (χ4n) is 0.570. The van der Waals surface area contributed by atoms with Crippen LogP contribution in [0.1, 0.15) is 6.92 Å². The average Bonchev–Trinajstić information content (AvgIpc) is 2.18. The Morgan fingerprint density at radius 3 is 2.67 bits per heavy atom. The van der Waals surface area contributed by atoms with Gasteiger partial charge in [-0.1, -0.05) is 0 Å². The Hall–Kier alpha value is -1.43. The molecule has 0 aliphatic rings. The van der Waals surface area contributed by atoms with Crippen molar-refractivity contribution >= 4 is 28.7 Å². The van der Waals surface area contributed by atoms with E-state index in [2.05, 4.69) is 37.4 Å². The molecule has 0 aliphatic heterocycles. The summed E-state index contributed by atoms with van der Waals surface area (Å²) >= 11 is 3.14. The Balaban J connectivity index is 0.000000265. The van der Waals surface area contributed by atoms with Crippen LogP contribution in [-0.2, 0) is 4.74 Å². The van der Waals surface area contributed by atoms with E-state index in [0.717, 1.165) is 4.47 Å². The van der Waals surface area contributed by atoms with Crippen LogP contribution in [0.4, 0.5) is 4.79 Å². The number of aromatic nitrogens is 1. The van der Waals surface area contributed by atoms with Crippen LogP contribution in [0.3, 0.4) is 0 Å². The maximum atomic E-state index is 9.96. The minimum Gasteiger partial charge on any atom is -0.506 e. The lowest BCUT2D eigenvalue weighted by Crippen LogP contribution is -1.95. The van der Waals surface area contributed by atoms with Gasteiger partial charge in [-0.15, -0.1) is 0 Å². The van der Waals surface area contributed by atoms with Crippen LogP contribution in [0, 0.1) is 0 Å². The molecule has 1 N–H and O–H groups in total. The van der Waals surface area contributed by atoms with Gasteiger partial charge in [0.25, 0.3) is 0 Å². The lowest BCUT2D eigenvalue weighted by molar-refractivity contribution is 0.164. The Bertz CT molecular complexity index is 314. The van der Waals surface area contributed by atoms with E-state index in [4.69, 9.17) is 5.11 Å². The SMILES string of the molecule is C=NC(=O)OCC.Oc1cncc(Br)c1. The van der Waals surface area contributed by atoms with Gasteiger partial charge in [-0.3, -0.25) is 4.98 Å². The first kappa shape index (κ1) is 13.6. The first-order valence-electron chi connectivity index (χ1n) is 4.03. The lowest BCUT2D eigenvalue weighted by Gasteiger charge is -1.89. The van der Waals surface area contributed by atoms with Gasteiger partial charge in [-0.25, -0.2) is 4.79 Å². The van der Waals surface area contributed by atoms with Crippen molar-refractivity contribution in [3.63, 3.8) is 0 Å². The second-order valence-corrected chi connectivity index (χ2v) is 3.13. The molecule has 0 aromatic carbocycles. The van der Waals surface area contributed by atoms with Gasteiger partial charge < -0.3 is 9.84 Å². The fraction of sp³-hybridized carbons (Fsp3) is 0.222. The van der Waals surface area contributed by atoms with Crippen molar-refractivity contribution in [1.82, 2.24) is 4.98 Å². The smallest absolute Gasteiger partial charge is 0.432 e. The molecule has 1 aromatic heterocycles. The van der Waals surface area contributed by atoms with E-state index in [1.54, 1.807) is 19.2 Å². The van der Waals surface area contributed by atoms with Gasteiger partial charge in [-0.05, 0) is 35.6 Å². The van der Waals surface area contributed by atoms with Crippen molar-refractivity contribution in [3.8, 4) is 5.75 Å². The Kier molecular flexibility index (Phi) is 7.17. The van der Waals surface area contributed by atoms with E-state index in [-0.39, 0.29) is 5.75 Å². The third-order valence-electron chi connectivity index (χ3n) is 1.09. The lowest BCUT2D eigenvalue weighted by atomic mass is 10.5. The number of hydrogen-bond acceptors (Lipinski definition) is 4. The summed E-state index contributed by atoms with van der Waals surface area (Å²) in [6.07, 6.45) is 2.38. The van der Waals surface area contributed by atoms with Crippen molar-refractivity contribution < 1.29 is 14.6 Å². The van der Waals surface area contributed by atoms with Crippen LogP contribution in [-0.4, -0.2) is 29.5 Å². The van der Waals surface area contributed by atoms with E-state index in [9.17, 15) is 4.79 Å². The molecule has 0 bridgehead atoms. The number of halogens is 1. The molecule has 1 amide bonds. The van der Waals surface area contributed by atoms with Gasteiger partial charge in [0, 0.05) is 10.7 Å². The first-order chi connectivity index (χ1) is 7.10. The molecule has 0 unspecified atom stereocenters. The van der Waals surface area contributed by atoms with Gasteiger partial charge in [0.2, 0.25) is 0 Å². The van der Waals surface area contributed by atoms with Gasteiger partial charge in [0.1, 0.15) is 5.75 Å². The maximum absolute atomic E-state index is 9.96. The van der Waals surface area contributed by atoms with Gasteiger partial charge >= 0.3 is 6.09 Å². The number of hydrogen-bond donors (Lipinski definition) is 1. The topological polar surface area (TPSA) is 71.8 Å². The van der Waals surface area contributed by atoms with Gasteiger partial charge in [-0.2, -0.15) is 4.99 Å². The minimum absolute atomic E-state index is 0.180. The molecule has 0 aliphatic carbocycles. The van der Waals surface area contributed by atoms with E-state index < -0.39 is 6.09 Å². The Morgan fingerprint density at radius 1 is 1.73 bits per heavy atom. The molecule has 82 valence electrons. The molecule has 6 heteroatoms. The van der Waals surface area contributed by atoms with Crippen LogP contribution in [0.15, 0.2) is 27.9 Å². The summed E-state index contributed by atoms with van der Waals surface area (Å²) in [5.74, 6) is 0.180. The zero-order chi connectivity index (χ0) is 11.7. The molecule has 0 radical (unpaired) electrons. The van der Waals surface area contributed by atoms with Crippen LogP contribution >= 0.6 is 15.9 Å². The van der Waals surface area contributed by atoms with E-state index in [1.807, 2.05) is 0 Å². The predicted octanol–water partition coefficient (Wildman–Crippen LogP) is 2.39. The summed E-state index contributed by atoms with van der Waals surface area (Å²) in [5, 5.41) is 8.72. The molecule has 0 saturated carbocycles. The summed E-state index contributed by atoms with van der Waals surface area (Å²) in [6, 6.07) is 1.58. The first-order valence-corrected chi connectivity index (χ1v) is 4.82. The summed E-state index contributed by atoms with van der Waals surface area (Å²) in [7, 11) is 0. The fourth-order valence-corrected chi connectivity index (χ4v) is 0.923. The highest BCUT2D eigenvalue weighted by Gasteiger charge is 1.88. The summed E-state index contributed by atoms with van der Waals surface area (Å²) in [5.41, 5.74) is 0. The molecule has 0 fully saturated rings. The molecule has 5 nitrogen and oxygen atoms in total. The number of rotatable bonds is 1. The van der Waals surface area contributed by atoms with Gasteiger partial charge in [0.15, 0.2) is 0 Å². The number of pyridine rings is 1. The summed E-state index contributed by atoms with van der Waals surface area (Å²) < 4.78 is 5.11. The zero-order valence-electron chi connectivity index (χ0n) is 8.18. The van der Waals surface area contributed by atoms with Gasteiger partial charge in [0.05, 0.1) is 12.8 Å². The summed E-state index contributed by atoms with van der Waals surface area (Å²) in [6.45, 7) is 5.03. The third-order valence-corrected chi connectivity index (χ3v) is 1.52. The van der Waals surface area contributed by atoms with Crippen molar-refractivity contribution in [2.45, 2.75) is 6.92 Å².